The lowest BCUT2D eigenvalue weighted by Gasteiger charge is -2.37. The Morgan fingerprint density at radius 3 is 2.52 bits per heavy atom. The molecule has 4 heteroatoms. The molecule has 0 aromatic heterocycles. The van der Waals surface area contributed by atoms with Crippen LogP contribution in [0.15, 0.2) is 35.2 Å². The Labute approximate surface area is 141 Å². The highest BCUT2D eigenvalue weighted by Gasteiger charge is 2.31. The summed E-state index contributed by atoms with van der Waals surface area (Å²) in [4.78, 5) is 0.409. The van der Waals surface area contributed by atoms with E-state index in [9.17, 15) is 8.42 Å². The maximum Gasteiger partial charge on any atom is 0.178 e. The van der Waals surface area contributed by atoms with Gasteiger partial charge in [0.05, 0.1) is 16.8 Å². The molecule has 1 fully saturated rings. The molecule has 3 atom stereocenters. The van der Waals surface area contributed by atoms with E-state index in [2.05, 4.69) is 20.8 Å². The standard InChI is InChI=1S/C19H30O3S/c1-15(2)18-11-10-16(3)14-19(18)22-12-7-13-23(20,21)17-8-5-4-6-9-17/h4-6,8-9,15-16,18-19H,7,10-14H2,1-3H3/t16-,18+,19-/m1/s1. The highest BCUT2D eigenvalue weighted by Crippen LogP contribution is 2.35. The number of hydrogen-bond acceptors (Lipinski definition) is 3. The van der Waals surface area contributed by atoms with Crippen LogP contribution in [-0.4, -0.2) is 26.9 Å². The summed E-state index contributed by atoms with van der Waals surface area (Å²) < 4.78 is 30.6. The van der Waals surface area contributed by atoms with Gasteiger partial charge in [-0.25, -0.2) is 8.42 Å². The molecule has 0 bridgehead atoms. The van der Waals surface area contributed by atoms with Crippen molar-refractivity contribution >= 4 is 9.84 Å². The Bertz CT molecular complexity index is 566. The van der Waals surface area contributed by atoms with E-state index in [1.165, 1.54) is 12.8 Å². The van der Waals surface area contributed by atoms with Gasteiger partial charge in [0.15, 0.2) is 9.84 Å². The Kier molecular flexibility index (Phi) is 6.66. The number of benzene rings is 1. The molecule has 1 aliphatic carbocycles. The fraction of sp³-hybridized carbons (Fsp3) is 0.684. The molecule has 2 rings (SSSR count). The minimum Gasteiger partial charge on any atom is -0.378 e. The van der Waals surface area contributed by atoms with Crippen LogP contribution in [0.2, 0.25) is 0 Å². The number of ether oxygens (including phenoxy) is 1. The van der Waals surface area contributed by atoms with Crippen molar-refractivity contribution in [1.82, 2.24) is 0 Å². The lowest BCUT2D eigenvalue weighted by molar-refractivity contribution is -0.0377. The van der Waals surface area contributed by atoms with E-state index in [0.717, 1.165) is 6.42 Å². The predicted octanol–water partition coefficient (Wildman–Crippen LogP) is 4.33. The molecular formula is C19H30O3S. The van der Waals surface area contributed by atoms with Crippen molar-refractivity contribution in [1.29, 1.82) is 0 Å². The molecule has 3 nitrogen and oxygen atoms in total. The Morgan fingerprint density at radius 1 is 1.17 bits per heavy atom. The van der Waals surface area contributed by atoms with Gasteiger partial charge in [0.1, 0.15) is 0 Å². The van der Waals surface area contributed by atoms with Gasteiger partial charge in [-0.3, -0.25) is 0 Å². The molecule has 0 aliphatic heterocycles. The summed E-state index contributed by atoms with van der Waals surface area (Å²) in [5.74, 6) is 2.10. The summed E-state index contributed by atoms with van der Waals surface area (Å²) in [6.45, 7) is 7.34. The van der Waals surface area contributed by atoms with E-state index >= 15 is 0 Å². The van der Waals surface area contributed by atoms with Gasteiger partial charge in [0.2, 0.25) is 0 Å². The molecule has 0 unspecified atom stereocenters. The highest BCUT2D eigenvalue weighted by molar-refractivity contribution is 7.91. The fourth-order valence-corrected chi connectivity index (χ4v) is 4.84. The van der Waals surface area contributed by atoms with Gasteiger partial charge in [-0.2, -0.15) is 0 Å². The third-order valence-corrected chi connectivity index (χ3v) is 6.77. The van der Waals surface area contributed by atoms with Crippen LogP contribution < -0.4 is 0 Å². The predicted molar refractivity (Wildman–Crippen MR) is 94.2 cm³/mol. The van der Waals surface area contributed by atoms with Crippen molar-refractivity contribution in [3.05, 3.63) is 30.3 Å². The third kappa shape index (κ3) is 5.32. The summed E-state index contributed by atoms with van der Waals surface area (Å²) >= 11 is 0. The third-order valence-electron chi connectivity index (χ3n) is 4.95. The molecule has 0 amide bonds. The van der Waals surface area contributed by atoms with Gasteiger partial charge in [0.25, 0.3) is 0 Å². The summed E-state index contributed by atoms with van der Waals surface area (Å²) in [6, 6.07) is 8.68. The molecular weight excluding hydrogens is 308 g/mol. The topological polar surface area (TPSA) is 43.4 Å². The molecule has 1 aromatic rings. The van der Waals surface area contributed by atoms with Crippen LogP contribution in [0.3, 0.4) is 0 Å². The maximum absolute atomic E-state index is 12.3. The lowest BCUT2D eigenvalue weighted by atomic mass is 9.75. The van der Waals surface area contributed by atoms with Crippen LogP contribution >= 0.6 is 0 Å². The molecule has 23 heavy (non-hydrogen) atoms. The lowest BCUT2D eigenvalue weighted by Crippen LogP contribution is -2.34. The van der Waals surface area contributed by atoms with Crippen molar-refractivity contribution in [3.63, 3.8) is 0 Å². The monoisotopic (exact) mass is 338 g/mol. The molecule has 130 valence electrons. The first kappa shape index (κ1) is 18.5. The van der Waals surface area contributed by atoms with Crippen LogP contribution in [0.5, 0.6) is 0 Å². The van der Waals surface area contributed by atoms with E-state index < -0.39 is 9.84 Å². The normalized spacial score (nSPS) is 25.7. The van der Waals surface area contributed by atoms with E-state index in [0.29, 0.717) is 35.7 Å². The smallest absolute Gasteiger partial charge is 0.178 e. The summed E-state index contributed by atoms with van der Waals surface area (Å²) in [5, 5.41) is 0. The van der Waals surface area contributed by atoms with Crippen molar-refractivity contribution < 1.29 is 13.2 Å². The molecule has 0 heterocycles. The van der Waals surface area contributed by atoms with Crippen molar-refractivity contribution in [3.8, 4) is 0 Å². The first-order chi connectivity index (χ1) is 10.9. The van der Waals surface area contributed by atoms with Crippen molar-refractivity contribution in [2.45, 2.75) is 57.5 Å². The minimum absolute atomic E-state index is 0.158. The van der Waals surface area contributed by atoms with Gasteiger partial charge in [-0.1, -0.05) is 45.4 Å². The van der Waals surface area contributed by atoms with Gasteiger partial charge >= 0.3 is 0 Å². The van der Waals surface area contributed by atoms with E-state index in [4.69, 9.17) is 4.74 Å². The molecule has 1 aromatic carbocycles. The van der Waals surface area contributed by atoms with Gasteiger partial charge in [-0.15, -0.1) is 0 Å². The van der Waals surface area contributed by atoms with E-state index in [1.807, 2.05) is 6.07 Å². The van der Waals surface area contributed by atoms with Crippen LogP contribution in [0, 0.1) is 17.8 Å². The Hall–Kier alpha value is -0.870. The van der Waals surface area contributed by atoms with Crippen LogP contribution in [0.25, 0.3) is 0 Å². The van der Waals surface area contributed by atoms with Gasteiger partial charge in [0, 0.05) is 6.61 Å². The number of rotatable bonds is 7. The molecule has 0 spiro atoms. The minimum atomic E-state index is -3.18. The first-order valence-corrected chi connectivity index (χ1v) is 10.4. The summed E-state index contributed by atoms with van der Waals surface area (Å²) in [7, 11) is -3.18. The zero-order valence-corrected chi connectivity index (χ0v) is 15.4. The second kappa shape index (κ2) is 8.29. The average molecular weight is 339 g/mol. The number of sulfone groups is 1. The molecule has 0 saturated heterocycles. The quantitative estimate of drug-likeness (QED) is 0.695. The van der Waals surface area contributed by atoms with Crippen LogP contribution in [0.1, 0.15) is 46.5 Å². The van der Waals surface area contributed by atoms with Crippen LogP contribution in [-0.2, 0) is 14.6 Å². The Balaban J connectivity index is 1.82. The largest absolute Gasteiger partial charge is 0.378 e. The first-order valence-electron chi connectivity index (χ1n) is 8.79. The fourth-order valence-electron chi connectivity index (χ4n) is 3.54. The highest BCUT2D eigenvalue weighted by atomic mass is 32.2. The van der Waals surface area contributed by atoms with Crippen molar-refractivity contribution in [2.24, 2.45) is 17.8 Å². The second-order valence-electron chi connectivity index (χ2n) is 7.22. The zero-order chi connectivity index (χ0) is 16.9. The SMILES string of the molecule is CC(C)[C@@H]1CC[C@@H](C)C[C@H]1OCCCS(=O)(=O)c1ccccc1. The average Bonchev–Trinajstić information content (AvgIpc) is 2.52. The van der Waals surface area contributed by atoms with E-state index in [1.54, 1.807) is 24.3 Å². The van der Waals surface area contributed by atoms with Gasteiger partial charge in [-0.05, 0) is 49.1 Å². The summed E-state index contributed by atoms with van der Waals surface area (Å²) in [5.41, 5.74) is 0. The Morgan fingerprint density at radius 2 is 1.87 bits per heavy atom. The molecule has 0 N–H and O–H groups in total. The van der Waals surface area contributed by atoms with Crippen molar-refractivity contribution in [2.75, 3.05) is 12.4 Å². The zero-order valence-electron chi connectivity index (χ0n) is 14.6. The second-order valence-corrected chi connectivity index (χ2v) is 9.33. The van der Waals surface area contributed by atoms with E-state index in [-0.39, 0.29) is 11.9 Å². The molecule has 1 aliphatic rings. The number of hydrogen-bond donors (Lipinski definition) is 0. The molecule has 0 radical (unpaired) electrons. The molecule has 1 saturated carbocycles. The summed E-state index contributed by atoms with van der Waals surface area (Å²) in [6.07, 6.45) is 4.47. The van der Waals surface area contributed by atoms with Crippen LogP contribution in [0.4, 0.5) is 0 Å². The van der Waals surface area contributed by atoms with Gasteiger partial charge < -0.3 is 4.74 Å². The maximum atomic E-state index is 12.3.